The third-order valence-electron chi connectivity index (χ3n) is 6.97. The van der Waals surface area contributed by atoms with E-state index >= 15 is 0 Å². The van der Waals surface area contributed by atoms with Crippen LogP contribution in [0, 0.1) is 11.8 Å². The Bertz CT molecular complexity index is 367. The largest absolute Gasteiger partial charge is 0.375 e. The summed E-state index contributed by atoms with van der Waals surface area (Å²) in [6.45, 7) is 3.50. The van der Waals surface area contributed by atoms with Gasteiger partial charge in [-0.25, -0.2) is 0 Å². The molecular formula is C22H42N2O2. The monoisotopic (exact) mass is 366 g/mol. The highest BCUT2D eigenvalue weighted by Crippen LogP contribution is 2.60. The molecule has 0 aliphatic heterocycles. The lowest BCUT2D eigenvalue weighted by Crippen LogP contribution is -2.61. The molecule has 4 saturated carbocycles. The van der Waals surface area contributed by atoms with E-state index in [4.69, 9.17) is 20.9 Å². The molecule has 152 valence electrons. The van der Waals surface area contributed by atoms with Crippen molar-refractivity contribution in [2.75, 3.05) is 26.3 Å². The molecule has 26 heavy (non-hydrogen) atoms. The summed E-state index contributed by atoms with van der Waals surface area (Å²) in [4.78, 5) is 0. The minimum atomic E-state index is 0.136. The number of rotatable bonds is 14. The Morgan fingerprint density at radius 3 is 1.46 bits per heavy atom. The van der Waals surface area contributed by atoms with Gasteiger partial charge >= 0.3 is 0 Å². The molecule has 0 aromatic carbocycles. The molecule has 0 heterocycles. The average molecular weight is 367 g/mol. The van der Waals surface area contributed by atoms with Crippen molar-refractivity contribution in [1.82, 2.24) is 0 Å². The smallest absolute Gasteiger partial charge is 0.0715 e. The first kappa shape index (κ1) is 20.6. The maximum atomic E-state index is 6.58. The summed E-state index contributed by atoms with van der Waals surface area (Å²) in [6, 6.07) is 0. The summed E-state index contributed by atoms with van der Waals surface area (Å²) < 4.78 is 13.2. The maximum absolute atomic E-state index is 6.58. The van der Waals surface area contributed by atoms with Crippen molar-refractivity contribution in [2.45, 2.75) is 101 Å². The Labute approximate surface area is 160 Å². The lowest BCUT2D eigenvalue weighted by Gasteiger charge is -2.61. The Morgan fingerprint density at radius 1 is 0.615 bits per heavy atom. The zero-order chi connectivity index (χ0) is 18.3. The van der Waals surface area contributed by atoms with Crippen LogP contribution in [0.1, 0.15) is 89.9 Å². The van der Waals surface area contributed by atoms with Gasteiger partial charge in [0.25, 0.3) is 0 Å². The second-order valence-corrected chi connectivity index (χ2v) is 9.43. The van der Waals surface area contributed by atoms with Crippen molar-refractivity contribution in [1.29, 1.82) is 0 Å². The van der Waals surface area contributed by atoms with Gasteiger partial charge in [-0.05, 0) is 82.7 Å². The van der Waals surface area contributed by atoms with E-state index in [-0.39, 0.29) is 11.2 Å². The molecule has 0 spiro atoms. The normalized spacial score (nSPS) is 35.3. The van der Waals surface area contributed by atoms with Gasteiger partial charge in [0.15, 0.2) is 0 Å². The molecule has 4 fully saturated rings. The van der Waals surface area contributed by atoms with E-state index in [1.807, 2.05) is 0 Å². The van der Waals surface area contributed by atoms with Crippen LogP contribution in [0.5, 0.6) is 0 Å². The molecular weight excluding hydrogens is 324 g/mol. The van der Waals surface area contributed by atoms with Crippen LogP contribution in [-0.4, -0.2) is 37.5 Å². The van der Waals surface area contributed by atoms with Gasteiger partial charge in [0.05, 0.1) is 11.2 Å². The summed E-state index contributed by atoms with van der Waals surface area (Å²) >= 11 is 0. The van der Waals surface area contributed by atoms with Gasteiger partial charge in [-0.1, -0.05) is 25.7 Å². The zero-order valence-corrected chi connectivity index (χ0v) is 16.9. The zero-order valence-electron chi connectivity index (χ0n) is 16.9. The second kappa shape index (κ2) is 9.86. The van der Waals surface area contributed by atoms with E-state index in [1.54, 1.807) is 0 Å². The Kier molecular flexibility index (Phi) is 7.80. The minimum absolute atomic E-state index is 0.136. The molecule has 4 N–H and O–H groups in total. The Morgan fingerprint density at radius 2 is 1.04 bits per heavy atom. The highest BCUT2D eigenvalue weighted by Gasteiger charge is 2.59. The lowest BCUT2D eigenvalue weighted by molar-refractivity contribution is -0.237. The van der Waals surface area contributed by atoms with Gasteiger partial charge in [-0.15, -0.1) is 0 Å². The van der Waals surface area contributed by atoms with Gasteiger partial charge in [0, 0.05) is 19.6 Å². The molecule has 4 bridgehead atoms. The number of hydrogen-bond acceptors (Lipinski definition) is 4. The SMILES string of the molecule is NCCCCCCOC12CC3CC(C1)CC(OCCCCCCN)(C3)C2. The molecule has 0 atom stereocenters. The first-order valence-corrected chi connectivity index (χ1v) is 11.4. The van der Waals surface area contributed by atoms with Crippen LogP contribution in [0.2, 0.25) is 0 Å². The standard InChI is InChI=1S/C22H42N2O2/c23-9-5-1-3-7-11-25-21-14-19-13-20(15-21)17-22(16-19,18-21)26-12-8-4-2-6-10-24/h19-20H,1-18,23-24H2. The van der Waals surface area contributed by atoms with Crippen molar-refractivity contribution < 1.29 is 9.47 Å². The number of nitrogens with two attached hydrogens (primary N) is 2. The van der Waals surface area contributed by atoms with E-state index in [0.29, 0.717) is 0 Å². The van der Waals surface area contributed by atoms with Crippen LogP contribution in [0.25, 0.3) is 0 Å². The van der Waals surface area contributed by atoms with Crippen LogP contribution in [-0.2, 0) is 9.47 Å². The Hall–Kier alpha value is -0.160. The molecule has 0 aromatic heterocycles. The molecule has 4 aliphatic rings. The number of hydrogen-bond donors (Lipinski definition) is 2. The van der Waals surface area contributed by atoms with Crippen LogP contribution >= 0.6 is 0 Å². The predicted octanol–water partition coefficient (Wildman–Crippen LogP) is 4.15. The molecule has 4 nitrogen and oxygen atoms in total. The minimum Gasteiger partial charge on any atom is -0.375 e. The fourth-order valence-corrected chi connectivity index (χ4v) is 6.21. The fourth-order valence-electron chi connectivity index (χ4n) is 6.21. The summed E-state index contributed by atoms with van der Waals surface area (Å²) in [6.07, 6.45) is 17.4. The number of unbranched alkanes of at least 4 members (excludes halogenated alkanes) is 6. The first-order chi connectivity index (χ1) is 12.7. The first-order valence-electron chi connectivity index (χ1n) is 11.4. The highest BCUT2D eigenvalue weighted by molar-refractivity contribution is 5.10. The van der Waals surface area contributed by atoms with Crippen LogP contribution in [0.4, 0.5) is 0 Å². The molecule has 0 amide bonds. The van der Waals surface area contributed by atoms with Gasteiger partial charge in [0.1, 0.15) is 0 Å². The van der Waals surface area contributed by atoms with Crippen molar-refractivity contribution in [3.05, 3.63) is 0 Å². The van der Waals surface area contributed by atoms with Crippen molar-refractivity contribution in [2.24, 2.45) is 23.3 Å². The van der Waals surface area contributed by atoms with Crippen LogP contribution in [0.3, 0.4) is 0 Å². The quantitative estimate of drug-likeness (QED) is 0.453. The van der Waals surface area contributed by atoms with Gasteiger partial charge < -0.3 is 20.9 Å². The topological polar surface area (TPSA) is 70.5 Å². The van der Waals surface area contributed by atoms with Gasteiger partial charge in [-0.3, -0.25) is 0 Å². The van der Waals surface area contributed by atoms with E-state index in [1.165, 1.54) is 70.6 Å². The highest BCUT2D eigenvalue weighted by atomic mass is 16.5. The van der Waals surface area contributed by atoms with E-state index in [0.717, 1.165) is 57.4 Å². The van der Waals surface area contributed by atoms with Crippen molar-refractivity contribution >= 4 is 0 Å². The molecule has 4 rings (SSSR count). The second-order valence-electron chi connectivity index (χ2n) is 9.43. The molecule has 0 saturated heterocycles. The molecule has 4 aliphatic carbocycles. The summed E-state index contributed by atoms with van der Waals surface area (Å²) in [5, 5.41) is 0. The van der Waals surface area contributed by atoms with E-state index in [9.17, 15) is 0 Å². The van der Waals surface area contributed by atoms with E-state index < -0.39 is 0 Å². The van der Waals surface area contributed by atoms with E-state index in [2.05, 4.69) is 0 Å². The van der Waals surface area contributed by atoms with Gasteiger partial charge in [-0.2, -0.15) is 0 Å². The third kappa shape index (κ3) is 5.43. The lowest BCUT2D eigenvalue weighted by atomic mass is 9.52. The third-order valence-corrected chi connectivity index (χ3v) is 6.97. The predicted molar refractivity (Wildman–Crippen MR) is 107 cm³/mol. The molecule has 0 unspecified atom stereocenters. The fraction of sp³-hybridized carbons (Fsp3) is 1.00. The van der Waals surface area contributed by atoms with Crippen LogP contribution < -0.4 is 11.5 Å². The molecule has 0 radical (unpaired) electrons. The summed E-state index contributed by atoms with van der Waals surface area (Å²) in [5.74, 6) is 1.68. The maximum Gasteiger partial charge on any atom is 0.0715 e. The van der Waals surface area contributed by atoms with Crippen LogP contribution in [0.15, 0.2) is 0 Å². The molecule has 4 heteroatoms. The Balaban J connectivity index is 1.44. The number of ether oxygens (including phenoxy) is 2. The molecule has 0 aromatic rings. The summed E-state index contributed by atoms with van der Waals surface area (Å²) in [7, 11) is 0. The van der Waals surface area contributed by atoms with Gasteiger partial charge in [0.2, 0.25) is 0 Å². The summed E-state index contributed by atoms with van der Waals surface area (Å²) in [5.41, 5.74) is 11.4. The van der Waals surface area contributed by atoms with Crippen molar-refractivity contribution in [3.63, 3.8) is 0 Å². The van der Waals surface area contributed by atoms with Crippen molar-refractivity contribution in [3.8, 4) is 0 Å². The average Bonchev–Trinajstić information content (AvgIpc) is 2.60.